The van der Waals surface area contributed by atoms with Gasteiger partial charge in [0, 0.05) is 49.9 Å². The molecule has 228 valence electrons. The average Bonchev–Trinajstić information content (AvgIpc) is 3.05. The highest BCUT2D eigenvalue weighted by molar-refractivity contribution is 5.97. The lowest BCUT2D eigenvalue weighted by Crippen LogP contribution is -2.50. The number of benzene rings is 3. The minimum absolute atomic E-state index is 0.0179. The Morgan fingerprint density at radius 2 is 1.77 bits per heavy atom. The Kier molecular flexibility index (Phi) is 10.7. The van der Waals surface area contributed by atoms with Crippen molar-refractivity contribution in [3.05, 3.63) is 89.5 Å². The predicted octanol–water partition coefficient (Wildman–Crippen LogP) is 4.98. The number of aliphatic hydroxyl groups excluding tert-OH is 1. The van der Waals surface area contributed by atoms with Gasteiger partial charge in [-0.3, -0.25) is 9.59 Å². The van der Waals surface area contributed by atoms with Crippen molar-refractivity contribution < 1.29 is 24.2 Å². The number of hydrogen-bond acceptors (Lipinski definition) is 6. The molecule has 8 nitrogen and oxygen atoms in total. The topological polar surface area (TPSA) is 91.3 Å². The summed E-state index contributed by atoms with van der Waals surface area (Å²) in [5, 5.41) is 13.6. The highest BCUT2D eigenvalue weighted by Gasteiger charge is 2.33. The first-order valence-corrected chi connectivity index (χ1v) is 15.5. The summed E-state index contributed by atoms with van der Waals surface area (Å²) in [6.45, 7) is 3.05. The van der Waals surface area contributed by atoms with Crippen molar-refractivity contribution in [2.24, 2.45) is 0 Å². The third-order valence-electron chi connectivity index (χ3n) is 8.39. The minimum atomic E-state index is -0.405. The fourth-order valence-corrected chi connectivity index (χ4v) is 6.00. The quantitative estimate of drug-likeness (QED) is 0.275. The van der Waals surface area contributed by atoms with Crippen molar-refractivity contribution in [1.82, 2.24) is 10.2 Å². The molecule has 1 saturated heterocycles. The molecule has 43 heavy (non-hydrogen) atoms. The number of fused-ring (bicyclic) bond motifs is 1. The van der Waals surface area contributed by atoms with Gasteiger partial charge in [-0.15, -0.1) is 0 Å². The van der Waals surface area contributed by atoms with Gasteiger partial charge in [0.1, 0.15) is 11.5 Å². The number of rotatable bonds is 13. The number of amides is 2. The van der Waals surface area contributed by atoms with Crippen LogP contribution >= 0.6 is 0 Å². The molecule has 5 rings (SSSR count). The summed E-state index contributed by atoms with van der Waals surface area (Å²) in [7, 11) is 1.66. The summed E-state index contributed by atoms with van der Waals surface area (Å²) < 4.78 is 11.1. The summed E-state index contributed by atoms with van der Waals surface area (Å²) in [5.74, 6) is 1.77. The van der Waals surface area contributed by atoms with Crippen LogP contribution < -0.4 is 19.7 Å². The first-order chi connectivity index (χ1) is 21.0. The lowest BCUT2D eigenvalue weighted by molar-refractivity contribution is -0.119. The zero-order valence-corrected chi connectivity index (χ0v) is 25.0. The number of carbonyl (C=O) groups is 2. The molecular formula is C35H43N3O5. The van der Waals surface area contributed by atoms with Gasteiger partial charge < -0.3 is 29.7 Å². The van der Waals surface area contributed by atoms with Crippen molar-refractivity contribution in [3.63, 3.8) is 0 Å². The van der Waals surface area contributed by atoms with Gasteiger partial charge in [-0.25, -0.2) is 0 Å². The number of hydrogen-bond donors (Lipinski definition) is 2. The minimum Gasteiger partial charge on any atom is -0.497 e. The molecule has 0 aromatic heterocycles. The number of piperidine rings is 1. The Labute approximate surface area is 254 Å². The van der Waals surface area contributed by atoms with E-state index >= 15 is 0 Å². The van der Waals surface area contributed by atoms with Crippen molar-refractivity contribution in [2.45, 2.75) is 63.6 Å². The molecule has 2 heterocycles. The first kappa shape index (κ1) is 30.6. The highest BCUT2D eigenvalue weighted by Crippen LogP contribution is 2.32. The van der Waals surface area contributed by atoms with E-state index < -0.39 is 6.10 Å². The van der Waals surface area contributed by atoms with Crippen LogP contribution in [0, 0.1) is 0 Å². The van der Waals surface area contributed by atoms with Gasteiger partial charge in [-0.2, -0.15) is 0 Å². The molecule has 2 aliphatic rings. The van der Waals surface area contributed by atoms with Crippen molar-refractivity contribution >= 4 is 17.5 Å². The Morgan fingerprint density at radius 1 is 0.977 bits per heavy atom. The Balaban J connectivity index is 0.984. The highest BCUT2D eigenvalue weighted by atomic mass is 16.5. The SMILES string of the molecule is COc1cccc(CNCC(O)CCCCOc2ccc(C(=O)N3CCC(N4C(=O)CCc5ccccc54)CC3)cc2)c1. The molecule has 8 heteroatoms. The summed E-state index contributed by atoms with van der Waals surface area (Å²) in [6, 6.07) is 23.5. The van der Waals surface area contributed by atoms with Gasteiger partial charge in [-0.1, -0.05) is 30.3 Å². The lowest BCUT2D eigenvalue weighted by Gasteiger charge is -2.41. The second-order valence-corrected chi connectivity index (χ2v) is 11.4. The molecule has 2 N–H and O–H groups in total. The van der Waals surface area contributed by atoms with E-state index in [-0.39, 0.29) is 17.9 Å². The van der Waals surface area contributed by atoms with Crippen LogP contribution in [0.25, 0.3) is 0 Å². The number of nitrogens with zero attached hydrogens (tertiary/aromatic N) is 2. The molecule has 0 bridgehead atoms. The second kappa shape index (κ2) is 15.0. The maximum absolute atomic E-state index is 13.2. The van der Waals surface area contributed by atoms with Gasteiger partial charge in [-0.05, 0) is 92.1 Å². The fourth-order valence-electron chi connectivity index (χ4n) is 6.00. The monoisotopic (exact) mass is 585 g/mol. The van der Waals surface area contributed by atoms with E-state index in [2.05, 4.69) is 11.4 Å². The number of aryl methyl sites for hydroxylation is 1. The van der Waals surface area contributed by atoms with Crippen LogP contribution in [0.2, 0.25) is 0 Å². The van der Waals surface area contributed by atoms with Crippen LogP contribution in [-0.2, 0) is 17.8 Å². The second-order valence-electron chi connectivity index (χ2n) is 11.4. The number of anilines is 1. The van der Waals surface area contributed by atoms with Gasteiger partial charge in [0.05, 0.1) is 19.8 Å². The lowest BCUT2D eigenvalue weighted by atomic mass is 9.95. The van der Waals surface area contributed by atoms with Crippen molar-refractivity contribution in [2.75, 3.05) is 38.3 Å². The molecule has 1 unspecified atom stereocenters. The molecular weight excluding hydrogens is 542 g/mol. The number of unbranched alkanes of at least 4 members (excludes halogenated alkanes) is 1. The first-order valence-electron chi connectivity index (χ1n) is 15.5. The number of likely N-dealkylation sites (tertiary alicyclic amines) is 1. The van der Waals surface area contributed by atoms with Crippen molar-refractivity contribution in [1.29, 1.82) is 0 Å². The summed E-state index contributed by atoms with van der Waals surface area (Å²) in [6.07, 6.45) is 4.91. The van der Waals surface area contributed by atoms with E-state index in [0.29, 0.717) is 51.2 Å². The van der Waals surface area contributed by atoms with Gasteiger partial charge in [0.2, 0.25) is 5.91 Å². The standard InChI is InChI=1S/C35H43N3O5/c1-42-32-10-6-7-26(23-32)24-36-25-30(39)9-4-5-22-43-31-15-12-28(13-16-31)35(41)37-20-18-29(19-21-37)38-33-11-3-2-8-27(33)14-17-34(38)40/h2-3,6-8,10-13,15-16,23,29-30,36,39H,4-5,9,14,17-22,24-25H2,1H3. The van der Waals surface area contributed by atoms with E-state index in [4.69, 9.17) is 9.47 Å². The Hall–Kier alpha value is -3.88. The van der Waals surface area contributed by atoms with Crippen LogP contribution in [0.3, 0.4) is 0 Å². The van der Waals surface area contributed by atoms with Crippen LogP contribution in [-0.4, -0.2) is 67.3 Å². The third kappa shape index (κ3) is 8.15. The number of methoxy groups -OCH3 is 1. The third-order valence-corrected chi connectivity index (χ3v) is 8.39. The van der Waals surface area contributed by atoms with Gasteiger partial charge in [0.25, 0.3) is 5.91 Å². The van der Waals surface area contributed by atoms with Crippen LogP contribution in [0.4, 0.5) is 5.69 Å². The number of nitrogens with one attached hydrogen (secondary N) is 1. The molecule has 0 aliphatic carbocycles. The van der Waals surface area contributed by atoms with E-state index in [1.54, 1.807) is 7.11 Å². The maximum atomic E-state index is 13.2. The fraction of sp³-hybridized carbons (Fsp3) is 0.429. The zero-order valence-electron chi connectivity index (χ0n) is 25.0. The Morgan fingerprint density at radius 3 is 2.56 bits per heavy atom. The van der Waals surface area contributed by atoms with E-state index in [9.17, 15) is 14.7 Å². The summed E-state index contributed by atoms with van der Waals surface area (Å²) in [4.78, 5) is 29.8. The van der Waals surface area contributed by atoms with Crippen LogP contribution in [0.5, 0.6) is 11.5 Å². The zero-order chi connectivity index (χ0) is 30.0. The normalized spacial score (nSPS) is 16.1. The molecule has 2 amide bonds. The molecule has 2 aliphatic heterocycles. The average molecular weight is 586 g/mol. The molecule has 1 atom stereocenters. The van der Waals surface area contributed by atoms with E-state index in [0.717, 1.165) is 54.9 Å². The molecule has 1 fully saturated rings. The molecule has 0 radical (unpaired) electrons. The Bertz CT molecular complexity index is 1350. The largest absolute Gasteiger partial charge is 0.497 e. The van der Waals surface area contributed by atoms with Crippen LogP contribution in [0.1, 0.15) is 60.0 Å². The summed E-state index contributed by atoms with van der Waals surface area (Å²) >= 11 is 0. The van der Waals surface area contributed by atoms with Gasteiger partial charge >= 0.3 is 0 Å². The summed E-state index contributed by atoms with van der Waals surface area (Å²) in [5.41, 5.74) is 4.03. The number of ether oxygens (including phenoxy) is 2. The predicted molar refractivity (Wildman–Crippen MR) is 168 cm³/mol. The number of carbonyl (C=O) groups excluding carboxylic acids is 2. The maximum Gasteiger partial charge on any atom is 0.253 e. The molecule has 3 aromatic carbocycles. The number of para-hydroxylation sites is 1. The van der Waals surface area contributed by atoms with Crippen LogP contribution in [0.15, 0.2) is 72.8 Å². The molecule has 3 aromatic rings. The number of aliphatic hydroxyl groups is 1. The van der Waals surface area contributed by atoms with Gasteiger partial charge in [0.15, 0.2) is 0 Å². The molecule has 0 saturated carbocycles. The smallest absolute Gasteiger partial charge is 0.253 e. The van der Waals surface area contributed by atoms with E-state index in [1.165, 1.54) is 5.56 Å². The molecule has 0 spiro atoms. The van der Waals surface area contributed by atoms with E-state index in [1.807, 2.05) is 76.5 Å². The van der Waals surface area contributed by atoms with Crippen molar-refractivity contribution in [3.8, 4) is 11.5 Å².